The first-order chi connectivity index (χ1) is 10.0. The van der Waals surface area contributed by atoms with Gasteiger partial charge in [0.1, 0.15) is 17.3 Å². The number of hydrogen-bond acceptors (Lipinski definition) is 3. The Bertz CT molecular complexity index is 620. The zero-order valence-corrected chi connectivity index (χ0v) is 11.2. The zero-order chi connectivity index (χ0) is 15.4. The lowest BCUT2D eigenvalue weighted by molar-refractivity contribution is -0.0505. The molecule has 21 heavy (non-hydrogen) atoms. The molecule has 1 unspecified atom stereocenters. The molecule has 0 aliphatic heterocycles. The van der Waals surface area contributed by atoms with Gasteiger partial charge in [-0.3, -0.25) is 0 Å². The van der Waals surface area contributed by atoms with Crippen LogP contribution in [0.1, 0.15) is 17.2 Å². The maximum atomic E-state index is 13.4. The Hall–Kier alpha value is -2.21. The molecular weight excluding hydrogens is 283 g/mol. The van der Waals surface area contributed by atoms with E-state index in [4.69, 9.17) is 10.5 Å². The van der Waals surface area contributed by atoms with Gasteiger partial charge < -0.3 is 15.2 Å². The number of methoxy groups -OCH3 is 1. The third-order valence-electron chi connectivity index (χ3n) is 3.00. The zero-order valence-electron chi connectivity index (χ0n) is 11.2. The quantitative estimate of drug-likeness (QED) is 0.919. The van der Waals surface area contributed by atoms with Crippen LogP contribution in [0.25, 0.3) is 0 Å². The van der Waals surface area contributed by atoms with Crippen LogP contribution in [-0.4, -0.2) is 13.7 Å². The number of alkyl halides is 2. The van der Waals surface area contributed by atoms with Crippen molar-refractivity contribution in [2.45, 2.75) is 12.7 Å². The Labute approximate surface area is 120 Å². The van der Waals surface area contributed by atoms with Crippen LogP contribution in [0.2, 0.25) is 0 Å². The fraction of sp³-hybridized carbons (Fsp3) is 0.200. The van der Waals surface area contributed by atoms with E-state index in [-0.39, 0.29) is 5.75 Å². The average molecular weight is 297 g/mol. The molecule has 0 aromatic heterocycles. The van der Waals surface area contributed by atoms with Crippen LogP contribution in [0.15, 0.2) is 42.5 Å². The van der Waals surface area contributed by atoms with Gasteiger partial charge in [-0.25, -0.2) is 4.39 Å². The standard InChI is InChI=1S/C15H14F3NO2/c1-20-12-7-6-9(16)8-11(12)14(19)10-4-2-3-5-13(10)21-15(17)18/h2-8,14-15H,19H2,1H3. The Morgan fingerprint density at radius 3 is 2.38 bits per heavy atom. The predicted octanol–water partition coefficient (Wildman–Crippen LogP) is 3.48. The predicted molar refractivity (Wildman–Crippen MR) is 72.1 cm³/mol. The fourth-order valence-electron chi connectivity index (χ4n) is 2.06. The van der Waals surface area contributed by atoms with Crippen molar-refractivity contribution >= 4 is 0 Å². The van der Waals surface area contributed by atoms with E-state index < -0.39 is 18.5 Å². The minimum atomic E-state index is -2.97. The molecular formula is C15H14F3NO2. The maximum Gasteiger partial charge on any atom is 0.387 e. The first kappa shape index (κ1) is 15.2. The van der Waals surface area contributed by atoms with Crippen LogP contribution < -0.4 is 15.2 Å². The molecule has 0 heterocycles. The van der Waals surface area contributed by atoms with Crippen molar-refractivity contribution in [3.05, 3.63) is 59.4 Å². The second kappa shape index (κ2) is 6.49. The first-order valence-corrected chi connectivity index (χ1v) is 6.15. The smallest absolute Gasteiger partial charge is 0.387 e. The van der Waals surface area contributed by atoms with Crippen LogP contribution in [0.4, 0.5) is 13.2 Å². The van der Waals surface area contributed by atoms with Crippen LogP contribution >= 0.6 is 0 Å². The van der Waals surface area contributed by atoms with Crippen molar-refractivity contribution in [1.29, 1.82) is 0 Å². The second-order valence-electron chi connectivity index (χ2n) is 4.28. The molecule has 0 spiro atoms. The molecule has 112 valence electrons. The van der Waals surface area contributed by atoms with Crippen molar-refractivity contribution < 1.29 is 22.6 Å². The first-order valence-electron chi connectivity index (χ1n) is 6.15. The molecule has 0 aliphatic rings. The highest BCUT2D eigenvalue weighted by atomic mass is 19.3. The van der Waals surface area contributed by atoms with Crippen molar-refractivity contribution in [1.82, 2.24) is 0 Å². The van der Waals surface area contributed by atoms with E-state index in [0.717, 1.165) is 0 Å². The van der Waals surface area contributed by atoms with Gasteiger partial charge in [0.05, 0.1) is 13.2 Å². The highest BCUT2D eigenvalue weighted by Gasteiger charge is 2.20. The summed E-state index contributed by atoms with van der Waals surface area (Å²) >= 11 is 0. The number of benzene rings is 2. The van der Waals surface area contributed by atoms with E-state index in [2.05, 4.69) is 4.74 Å². The van der Waals surface area contributed by atoms with Gasteiger partial charge in [0.15, 0.2) is 0 Å². The van der Waals surface area contributed by atoms with Gasteiger partial charge >= 0.3 is 6.61 Å². The van der Waals surface area contributed by atoms with E-state index >= 15 is 0 Å². The summed E-state index contributed by atoms with van der Waals surface area (Å²) in [5.74, 6) is -0.171. The Kier molecular flexibility index (Phi) is 4.70. The van der Waals surface area contributed by atoms with E-state index in [1.165, 1.54) is 31.4 Å². The molecule has 2 rings (SSSR count). The van der Waals surface area contributed by atoms with Gasteiger partial charge in [-0.1, -0.05) is 18.2 Å². The molecule has 0 amide bonds. The Balaban J connectivity index is 2.45. The Morgan fingerprint density at radius 1 is 1.00 bits per heavy atom. The average Bonchev–Trinajstić information content (AvgIpc) is 2.46. The van der Waals surface area contributed by atoms with Crippen LogP contribution in [0.5, 0.6) is 11.5 Å². The third-order valence-corrected chi connectivity index (χ3v) is 3.00. The summed E-state index contributed by atoms with van der Waals surface area (Å²) in [6.45, 7) is -2.97. The molecule has 2 aromatic carbocycles. The molecule has 2 N–H and O–H groups in total. The normalized spacial score (nSPS) is 12.3. The monoisotopic (exact) mass is 297 g/mol. The minimum Gasteiger partial charge on any atom is -0.496 e. The maximum absolute atomic E-state index is 13.4. The molecule has 0 radical (unpaired) electrons. The minimum absolute atomic E-state index is 0.0497. The van der Waals surface area contributed by atoms with Crippen LogP contribution in [0.3, 0.4) is 0 Å². The van der Waals surface area contributed by atoms with Crippen LogP contribution in [0, 0.1) is 5.82 Å². The summed E-state index contributed by atoms with van der Waals surface area (Å²) in [4.78, 5) is 0. The molecule has 2 aromatic rings. The second-order valence-corrected chi connectivity index (χ2v) is 4.28. The molecule has 0 aliphatic carbocycles. The van der Waals surface area contributed by atoms with Crippen molar-refractivity contribution in [2.75, 3.05) is 7.11 Å². The number of rotatable bonds is 5. The van der Waals surface area contributed by atoms with Crippen molar-refractivity contribution in [2.24, 2.45) is 5.73 Å². The summed E-state index contributed by atoms with van der Waals surface area (Å²) in [6, 6.07) is 9.14. The van der Waals surface area contributed by atoms with Crippen LogP contribution in [-0.2, 0) is 0 Å². The topological polar surface area (TPSA) is 44.5 Å². The van der Waals surface area contributed by atoms with E-state index in [1.54, 1.807) is 18.2 Å². The molecule has 1 atom stereocenters. The Morgan fingerprint density at radius 2 is 1.71 bits per heavy atom. The molecule has 0 bridgehead atoms. The number of ether oxygens (including phenoxy) is 2. The number of hydrogen-bond donors (Lipinski definition) is 1. The van der Waals surface area contributed by atoms with Crippen molar-refractivity contribution in [3.8, 4) is 11.5 Å². The van der Waals surface area contributed by atoms with Gasteiger partial charge in [-0.2, -0.15) is 8.78 Å². The lowest BCUT2D eigenvalue weighted by atomic mass is 9.97. The fourth-order valence-corrected chi connectivity index (χ4v) is 2.06. The molecule has 0 saturated heterocycles. The van der Waals surface area contributed by atoms with E-state index in [9.17, 15) is 13.2 Å². The molecule has 0 saturated carbocycles. The molecule has 6 heteroatoms. The highest BCUT2D eigenvalue weighted by Crippen LogP contribution is 2.34. The number of halogens is 3. The lowest BCUT2D eigenvalue weighted by Gasteiger charge is -2.19. The summed E-state index contributed by atoms with van der Waals surface area (Å²) in [6.07, 6.45) is 0. The third kappa shape index (κ3) is 3.46. The highest BCUT2D eigenvalue weighted by molar-refractivity contribution is 5.46. The summed E-state index contributed by atoms with van der Waals surface area (Å²) in [5.41, 5.74) is 6.74. The van der Waals surface area contributed by atoms with Gasteiger partial charge in [-0.05, 0) is 24.3 Å². The largest absolute Gasteiger partial charge is 0.496 e. The van der Waals surface area contributed by atoms with Gasteiger partial charge in [-0.15, -0.1) is 0 Å². The van der Waals surface area contributed by atoms with Gasteiger partial charge in [0, 0.05) is 11.1 Å². The van der Waals surface area contributed by atoms with Crippen molar-refractivity contribution in [3.63, 3.8) is 0 Å². The van der Waals surface area contributed by atoms with Gasteiger partial charge in [0.25, 0.3) is 0 Å². The number of nitrogens with two attached hydrogens (primary N) is 1. The summed E-state index contributed by atoms with van der Waals surface area (Å²) in [7, 11) is 1.42. The van der Waals surface area contributed by atoms with E-state index in [1.807, 2.05) is 0 Å². The van der Waals surface area contributed by atoms with Gasteiger partial charge in [0.2, 0.25) is 0 Å². The molecule has 3 nitrogen and oxygen atoms in total. The molecule has 0 fully saturated rings. The lowest BCUT2D eigenvalue weighted by Crippen LogP contribution is -2.16. The van der Waals surface area contributed by atoms with E-state index in [0.29, 0.717) is 16.9 Å². The SMILES string of the molecule is COc1ccc(F)cc1C(N)c1ccccc1OC(F)F. The number of para-hydroxylation sites is 1. The summed E-state index contributed by atoms with van der Waals surface area (Å²) in [5, 5.41) is 0. The summed E-state index contributed by atoms with van der Waals surface area (Å²) < 4.78 is 47.8.